The predicted molar refractivity (Wildman–Crippen MR) is 64.8 cm³/mol. The third-order valence-corrected chi connectivity index (χ3v) is 2.84. The van der Waals surface area contributed by atoms with E-state index in [0.717, 1.165) is 11.3 Å². The summed E-state index contributed by atoms with van der Waals surface area (Å²) in [5.41, 5.74) is 4.39. The lowest BCUT2D eigenvalue weighted by molar-refractivity contribution is -0.119. The van der Waals surface area contributed by atoms with Crippen molar-refractivity contribution in [3.63, 3.8) is 0 Å². The summed E-state index contributed by atoms with van der Waals surface area (Å²) in [7, 11) is 1.69. The zero-order valence-corrected chi connectivity index (χ0v) is 10.7. The molecule has 0 bridgehead atoms. The first-order valence-electron chi connectivity index (χ1n) is 4.96. The first-order chi connectivity index (χ1) is 7.84. The minimum absolute atomic E-state index is 0.0659. The van der Waals surface area contributed by atoms with E-state index in [1.807, 2.05) is 0 Å². The fraction of sp³-hybridized carbons (Fsp3) is 0.556. The molecular weight excluding hydrogens is 242 g/mol. The van der Waals surface area contributed by atoms with Crippen molar-refractivity contribution in [1.29, 1.82) is 0 Å². The van der Waals surface area contributed by atoms with E-state index in [4.69, 9.17) is 5.73 Å². The standard InChI is InChI=1S/C9H15N5O2S/c1-9(2,4-5(10)15)12-6(16)7-13-14-8(11-3)17-7/h4H2,1-3H3,(H2,10,15)(H,11,14)(H,12,16). The molecule has 0 aliphatic heterocycles. The van der Waals surface area contributed by atoms with Crippen molar-refractivity contribution in [3.8, 4) is 0 Å². The lowest BCUT2D eigenvalue weighted by atomic mass is 10.0. The van der Waals surface area contributed by atoms with Gasteiger partial charge in [-0.15, -0.1) is 10.2 Å². The molecular formula is C9H15N5O2S. The van der Waals surface area contributed by atoms with E-state index < -0.39 is 11.4 Å². The number of carbonyl (C=O) groups is 2. The second-order valence-corrected chi connectivity index (χ2v) is 5.12. The first kappa shape index (κ1) is 13.4. The number of rotatable bonds is 5. The van der Waals surface area contributed by atoms with Crippen LogP contribution < -0.4 is 16.4 Å². The largest absolute Gasteiger partial charge is 0.370 e. The number of primary amides is 1. The van der Waals surface area contributed by atoms with Crippen molar-refractivity contribution in [3.05, 3.63) is 5.01 Å². The second-order valence-electron chi connectivity index (χ2n) is 4.14. The molecule has 1 aromatic rings. The Hall–Kier alpha value is -1.70. The van der Waals surface area contributed by atoms with E-state index in [0.29, 0.717) is 5.13 Å². The third-order valence-electron chi connectivity index (χ3n) is 1.90. The van der Waals surface area contributed by atoms with Gasteiger partial charge in [-0.25, -0.2) is 0 Å². The average Bonchev–Trinajstić information content (AvgIpc) is 2.62. The lowest BCUT2D eigenvalue weighted by Gasteiger charge is -2.23. The molecule has 0 aliphatic rings. The van der Waals surface area contributed by atoms with Crippen LogP contribution in [0.25, 0.3) is 0 Å². The van der Waals surface area contributed by atoms with Gasteiger partial charge in [0.1, 0.15) is 0 Å². The quantitative estimate of drug-likeness (QED) is 0.685. The first-order valence-corrected chi connectivity index (χ1v) is 5.78. The van der Waals surface area contributed by atoms with Crippen LogP contribution in [0.2, 0.25) is 0 Å². The van der Waals surface area contributed by atoms with E-state index in [-0.39, 0.29) is 17.3 Å². The van der Waals surface area contributed by atoms with Crippen LogP contribution in [0, 0.1) is 0 Å². The van der Waals surface area contributed by atoms with Gasteiger partial charge in [0.25, 0.3) is 5.91 Å². The maximum absolute atomic E-state index is 11.8. The Bertz CT molecular complexity index is 429. The molecule has 1 rings (SSSR count). The Labute approximate surface area is 103 Å². The van der Waals surface area contributed by atoms with Crippen LogP contribution in [0.5, 0.6) is 0 Å². The molecule has 0 saturated heterocycles. The van der Waals surface area contributed by atoms with Crippen LogP contribution in [0.1, 0.15) is 30.1 Å². The number of anilines is 1. The van der Waals surface area contributed by atoms with Gasteiger partial charge in [-0.05, 0) is 13.8 Å². The fourth-order valence-corrected chi connectivity index (χ4v) is 1.85. The SMILES string of the molecule is CNc1nnc(C(=O)NC(C)(C)CC(N)=O)s1. The highest BCUT2D eigenvalue weighted by molar-refractivity contribution is 7.17. The predicted octanol–water partition coefficient (Wildman–Crippen LogP) is -0.0364. The molecule has 0 fully saturated rings. The van der Waals surface area contributed by atoms with Crippen molar-refractivity contribution in [2.45, 2.75) is 25.8 Å². The number of nitrogens with zero attached hydrogens (tertiary/aromatic N) is 2. The average molecular weight is 257 g/mol. The number of hydrogen-bond acceptors (Lipinski definition) is 6. The van der Waals surface area contributed by atoms with Crippen LogP contribution >= 0.6 is 11.3 Å². The topological polar surface area (TPSA) is 110 Å². The number of carbonyl (C=O) groups excluding carboxylic acids is 2. The molecule has 0 aromatic carbocycles. The van der Waals surface area contributed by atoms with Gasteiger partial charge in [0.05, 0.1) is 0 Å². The van der Waals surface area contributed by atoms with Gasteiger partial charge in [-0.3, -0.25) is 9.59 Å². The monoisotopic (exact) mass is 257 g/mol. The molecule has 2 amide bonds. The molecule has 0 saturated carbocycles. The number of hydrogen-bond donors (Lipinski definition) is 3. The summed E-state index contributed by atoms with van der Waals surface area (Å²) in [6, 6.07) is 0. The van der Waals surface area contributed by atoms with Crippen LogP contribution in [0.4, 0.5) is 5.13 Å². The highest BCUT2D eigenvalue weighted by atomic mass is 32.1. The molecule has 0 spiro atoms. The Morgan fingerprint density at radius 3 is 2.53 bits per heavy atom. The number of nitrogens with two attached hydrogens (primary N) is 1. The summed E-state index contributed by atoms with van der Waals surface area (Å²) in [5, 5.41) is 13.8. The summed E-state index contributed by atoms with van der Waals surface area (Å²) in [4.78, 5) is 22.6. The third kappa shape index (κ3) is 3.99. The van der Waals surface area contributed by atoms with E-state index in [1.54, 1.807) is 20.9 Å². The maximum Gasteiger partial charge on any atom is 0.282 e. The highest BCUT2D eigenvalue weighted by Crippen LogP contribution is 2.16. The normalized spacial score (nSPS) is 11.0. The Kier molecular flexibility index (Phi) is 4.00. The van der Waals surface area contributed by atoms with E-state index in [2.05, 4.69) is 20.8 Å². The molecule has 7 nitrogen and oxygen atoms in total. The van der Waals surface area contributed by atoms with Crippen molar-refractivity contribution in [2.75, 3.05) is 12.4 Å². The van der Waals surface area contributed by atoms with Gasteiger partial charge in [-0.1, -0.05) is 11.3 Å². The highest BCUT2D eigenvalue weighted by Gasteiger charge is 2.25. The number of amides is 2. The Morgan fingerprint density at radius 1 is 1.41 bits per heavy atom. The molecule has 0 aliphatic carbocycles. The van der Waals surface area contributed by atoms with Gasteiger partial charge >= 0.3 is 0 Å². The van der Waals surface area contributed by atoms with Crippen molar-refractivity contribution in [1.82, 2.24) is 15.5 Å². The van der Waals surface area contributed by atoms with E-state index >= 15 is 0 Å². The van der Waals surface area contributed by atoms with Crippen LogP contribution in [0.15, 0.2) is 0 Å². The Morgan fingerprint density at radius 2 is 2.06 bits per heavy atom. The van der Waals surface area contributed by atoms with Gasteiger partial charge in [0, 0.05) is 19.0 Å². The van der Waals surface area contributed by atoms with Crippen LogP contribution in [0.3, 0.4) is 0 Å². The summed E-state index contributed by atoms with van der Waals surface area (Å²) in [5.74, 6) is -0.835. The lowest BCUT2D eigenvalue weighted by Crippen LogP contribution is -2.46. The zero-order chi connectivity index (χ0) is 13.1. The summed E-state index contributed by atoms with van der Waals surface area (Å²) in [6.45, 7) is 3.44. The van der Waals surface area contributed by atoms with Crippen molar-refractivity contribution in [2.24, 2.45) is 5.73 Å². The summed E-state index contributed by atoms with van der Waals surface area (Å²) in [6.07, 6.45) is 0.0659. The van der Waals surface area contributed by atoms with Crippen LogP contribution in [-0.2, 0) is 4.79 Å². The zero-order valence-electron chi connectivity index (χ0n) is 9.90. The molecule has 1 heterocycles. The minimum atomic E-state index is -0.700. The molecule has 8 heteroatoms. The van der Waals surface area contributed by atoms with E-state index in [1.165, 1.54) is 0 Å². The number of aromatic nitrogens is 2. The molecule has 94 valence electrons. The van der Waals surface area contributed by atoms with Gasteiger partial charge in [0.15, 0.2) is 0 Å². The summed E-state index contributed by atoms with van der Waals surface area (Å²) < 4.78 is 0. The smallest absolute Gasteiger partial charge is 0.282 e. The molecule has 0 radical (unpaired) electrons. The van der Waals surface area contributed by atoms with Crippen molar-refractivity contribution < 1.29 is 9.59 Å². The second kappa shape index (κ2) is 5.09. The molecule has 0 atom stereocenters. The van der Waals surface area contributed by atoms with Gasteiger partial charge in [-0.2, -0.15) is 0 Å². The number of nitrogens with one attached hydrogen (secondary N) is 2. The van der Waals surface area contributed by atoms with Crippen molar-refractivity contribution >= 4 is 28.3 Å². The maximum atomic E-state index is 11.8. The molecule has 0 unspecified atom stereocenters. The fourth-order valence-electron chi connectivity index (χ4n) is 1.26. The van der Waals surface area contributed by atoms with Gasteiger partial charge < -0.3 is 16.4 Å². The summed E-state index contributed by atoms with van der Waals surface area (Å²) >= 11 is 1.14. The molecule has 4 N–H and O–H groups in total. The van der Waals surface area contributed by atoms with E-state index in [9.17, 15) is 9.59 Å². The molecule has 17 heavy (non-hydrogen) atoms. The minimum Gasteiger partial charge on any atom is -0.370 e. The Balaban J connectivity index is 2.68. The van der Waals surface area contributed by atoms with Crippen LogP contribution in [-0.4, -0.2) is 34.6 Å². The van der Waals surface area contributed by atoms with Gasteiger partial charge in [0.2, 0.25) is 16.0 Å². The molecule has 1 aromatic heterocycles.